The Balaban J connectivity index is 1.89. The maximum absolute atomic E-state index is 12.1. The Morgan fingerprint density at radius 1 is 1.28 bits per heavy atom. The van der Waals surface area contributed by atoms with Crippen molar-refractivity contribution in [2.75, 3.05) is 25.4 Å². The molecule has 0 radical (unpaired) electrons. The van der Waals surface area contributed by atoms with E-state index in [1.54, 1.807) is 0 Å². The highest BCUT2D eigenvalue weighted by Gasteiger charge is 2.33. The first-order valence-corrected chi connectivity index (χ1v) is 7.92. The van der Waals surface area contributed by atoms with E-state index in [9.17, 15) is 13.2 Å². The van der Waals surface area contributed by atoms with Crippen LogP contribution in [0.15, 0.2) is 0 Å². The maximum Gasteiger partial charge on any atom is 0.306 e. The van der Waals surface area contributed by atoms with E-state index < -0.39 is 21.9 Å². The van der Waals surface area contributed by atoms with Crippen molar-refractivity contribution in [2.45, 2.75) is 31.8 Å². The molecule has 0 aromatic carbocycles. The van der Waals surface area contributed by atoms with Crippen molar-refractivity contribution in [3.63, 3.8) is 0 Å². The van der Waals surface area contributed by atoms with Crippen LogP contribution in [0.1, 0.15) is 25.7 Å². The topological polar surface area (TPSA) is 83.9 Å². The first kappa shape index (κ1) is 13.8. The van der Waals surface area contributed by atoms with E-state index in [2.05, 4.69) is 0 Å². The zero-order valence-corrected chi connectivity index (χ0v) is 11.1. The van der Waals surface area contributed by atoms with Crippen LogP contribution < -0.4 is 0 Å². The molecule has 0 saturated carbocycles. The van der Waals surface area contributed by atoms with Crippen LogP contribution >= 0.6 is 0 Å². The fraction of sp³-hybridized carbons (Fsp3) is 0.909. The van der Waals surface area contributed by atoms with Crippen LogP contribution in [-0.4, -0.2) is 55.4 Å². The molecule has 18 heavy (non-hydrogen) atoms. The molecule has 7 heteroatoms. The quantitative estimate of drug-likeness (QED) is 0.798. The van der Waals surface area contributed by atoms with E-state index >= 15 is 0 Å². The molecule has 104 valence electrons. The lowest BCUT2D eigenvalue weighted by Crippen LogP contribution is -2.43. The Morgan fingerprint density at radius 3 is 2.44 bits per heavy atom. The standard InChI is InChI=1S/C11H19NO5S/c13-11(14)9-3-5-12(6-4-9)18(15,16)8-10-2-1-7-17-10/h9-10H,1-8H2,(H,13,14). The van der Waals surface area contributed by atoms with Gasteiger partial charge >= 0.3 is 5.97 Å². The minimum atomic E-state index is -3.30. The SMILES string of the molecule is O=C(O)C1CCN(S(=O)(=O)CC2CCCO2)CC1. The summed E-state index contributed by atoms with van der Waals surface area (Å²) in [6, 6.07) is 0. The molecule has 2 aliphatic heterocycles. The summed E-state index contributed by atoms with van der Waals surface area (Å²) in [5, 5.41) is 8.87. The highest BCUT2D eigenvalue weighted by Crippen LogP contribution is 2.22. The molecule has 2 aliphatic rings. The lowest BCUT2D eigenvalue weighted by atomic mass is 9.99. The van der Waals surface area contributed by atoms with E-state index in [0.717, 1.165) is 12.8 Å². The monoisotopic (exact) mass is 277 g/mol. The predicted molar refractivity (Wildman–Crippen MR) is 64.7 cm³/mol. The molecule has 2 saturated heterocycles. The molecule has 1 N–H and O–H groups in total. The average Bonchev–Trinajstić information content (AvgIpc) is 2.81. The smallest absolute Gasteiger partial charge is 0.306 e. The van der Waals surface area contributed by atoms with Gasteiger partial charge < -0.3 is 9.84 Å². The number of sulfonamides is 1. The Labute approximate surface area is 107 Å². The molecule has 0 aromatic heterocycles. The highest BCUT2D eigenvalue weighted by atomic mass is 32.2. The number of piperidine rings is 1. The lowest BCUT2D eigenvalue weighted by Gasteiger charge is -2.29. The molecular weight excluding hydrogens is 258 g/mol. The minimum Gasteiger partial charge on any atom is -0.481 e. The molecule has 6 nitrogen and oxygen atoms in total. The fourth-order valence-electron chi connectivity index (χ4n) is 2.50. The number of carboxylic acid groups (broad SMARTS) is 1. The molecule has 1 atom stereocenters. The van der Waals surface area contributed by atoms with E-state index in [1.165, 1.54) is 4.31 Å². The van der Waals surface area contributed by atoms with Gasteiger partial charge in [-0.2, -0.15) is 0 Å². The third-order valence-corrected chi connectivity index (χ3v) is 5.56. The molecule has 0 amide bonds. The largest absolute Gasteiger partial charge is 0.481 e. The first-order chi connectivity index (χ1) is 8.49. The van der Waals surface area contributed by atoms with Crippen LogP contribution in [0.2, 0.25) is 0 Å². The summed E-state index contributed by atoms with van der Waals surface area (Å²) in [6.45, 7) is 1.26. The van der Waals surface area contributed by atoms with Gasteiger partial charge in [-0.15, -0.1) is 0 Å². The van der Waals surface area contributed by atoms with E-state index in [1.807, 2.05) is 0 Å². The van der Waals surface area contributed by atoms with Gasteiger partial charge in [0.25, 0.3) is 0 Å². The number of carbonyl (C=O) groups is 1. The molecule has 2 rings (SSSR count). The second-order valence-corrected chi connectivity index (χ2v) is 6.94. The van der Waals surface area contributed by atoms with Crippen LogP contribution in [0.4, 0.5) is 0 Å². The number of hydrogen-bond donors (Lipinski definition) is 1. The van der Waals surface area contributed by atoms with Crippen molar-refractivity contribution in [3.8, 4) is 0 Å². The Morgan fingerprint density at radius 2 is 1.94 bits per heavy atom. The van der Waals surface area contributed by atoms with Gasteiger partial charge in [-0.05, 0) is 25.7 Å². The predicted octanol–water partition coefficient (Wildman–Crippen LogP) is 0.292. The summed E-state index contributed by atoms with van der Waals surface area (Å²) < 4.78 is 31.0. The Hall–Kier alpha value is -0.660. The van der Waals surface area contributed by atoms with Gasteiger partial charge in [0.15, 0.2) is 0 Å². The Bertz CT molecular complexity index is 394. The molecule has 2 fully saturated rings. The van der Waals surface area contributed by atoms with Crippen LogP contribution in [-0.2, 0) is 19.6 Å². The van der Waals surface area contributed by atoms with E-state index in [4.69, 9.17) is 9.84 Å². The van der Waals surface area contributed by atoms with Crippen LogP contribution in [0, 0.1) is 5.92 Å². The zero-order valence-electron chi connectivity index (χ0n) is 10.2. The minimum absolute atomic E-state index is 0.0325. The maximum atomic E-state index is 12.1. The van der Waals surface area contributed by atoms with Crippen LogP contribution in [0.3, 0.4) is 0 Å². The number of carboxylic acids is 1. The first-order valence-electron chi connectivity index (χ1n) is 6.31. The molecule has 2 heterocycles. The van der Waals surface area contributed by atoms with Crippen molar-refractivity contribution >= 4 is 16.0 Å². The molecule has 0 bridgehead atoms. The normalized spacial score (nSPS) is 27.4. The zero-order chi connectivity index (χ0) is 13.2. The molecule has 0 aromatic rings. The molecule has 0 aliphatic carbocycles. The number of nitrogens with zero attached hydrogens (tertiary/aromatic N) is 1. The van der Waals surface area contributed by atoms with Gasteiger partial charge in [-0.25, -0.2) is 12.7 Å². The lowest BCUT2D eigenvalue weighted by molar-refractivity contribution is -0.142. The van der Waals surface area contributed by atoms with Crippen molar-refractivity contribution < 1.29 is 23.1 Å². The molecule has 1 unspecified atom stereocenters. The van der Waals surface area contributed by atoms with Crippen molar-refractivity contribution in [3.05, 3.63) is 0 Å². The second-order valence-electron chi connectivity index (χ2n) is 4.93. The fourth-order valence-corrected chi connectivity index (χ4v) is 4.21. The Kier molecular flexibility index (Phi) is 4.24. The van der Waals surface area contributed by atoms with Gasteiger partial charge in [0.2, 0.25) is 10.0 Å². The molecular formula is C11H19NO5S. The number of hydrogen-bond acceptors (Lipinski definition) is 4. The van der Waals surface area contributed by atoms with Gasteiger partial charge in [0, 0.05) is 19.7 Å². The summed E-state index contributed by atoms with van der Waals surface area (Å²) in [5.41, 5.74) is 0. The summed E-state index contributed by atoms with van der Waals surface area (Å²) >= 11 is 0. The number of ether oxygens (including phenoxy) is 1. The van der Waals surface area contributed by atoms with Crippen molar-refractivity contribution in [1.29, 1.82) is 0 Å². The van der Waals surface area contributed by atoms with Gasteiger partial charge in [-0.1, -0.05) is 0 Å². The van der Waals surface area contributed by atoms with E-state index in [0.29, 0.717) is 32.5 Å². The summed E-state index contributed by atoms with van der Waals surface area (Å²) in [4.78, 5) is 10.8. The summed E-state index contributed by atoms with van der Waals surface area (Å²) in [7, 11) is -3.30. The van der Waals surface area contributed by atoms with Crippen molar-refractivity contribution in [2.24, 2.45) is 5.92 Å². The van der Waals surface area contributed by atoms with E-state index in [-0.39, 0.29) is 11.9 Å². The second kappa shape index (κ2) is 5.54. The van der Waals surface area contributed by atoms with Crippen LogP contribution in [0.5, 0.6) is 0 Å². The molecule has 0 spiro atoms. The number of aliphatic carboxylic acids is 1. The van der Waals surface area contributed by atoms with Gasteiger partial charge in [0.05, 0.1) is 17.8 Å². The van der Waals surface area contributed by atoms with Crippen molar-refractivity contribution in [1.82, 2.24) is 4.31 Å². The highest BCUT2D eigenvalue weighted by molar-refractivity contribution is 7.89. The third kappa shape index (κ3) is 3.21. The average molecular weight is 277 g/mol. The van der Waals surface area contributed by atoms with Gasteiger partial charge in [0.1, 0.15) is 0 Å². The van der Waals surface area contributed by atoms with Gasteiger partial charge in [-0.3, -0.25) is 4.79 Å². The summed E-state index contributed by atoms with van der Waals surface area (Å²) in [6.07, 6.45) is 2.33. The number of rotatable bonds is 4. The summed E-state index contributed by atoms with van der Waals surface area (Å²) in [5.74, 6) is -1.20. The van der Waals surface area contributed by atoms with Crippen LogP contribution in [0.25, 0.3) is 0 Å². The third-order valence-electron chi connectivity index (χ3n) is 3.62.